The van der Waals surface area contributed by atoms with Gasteiger partial charge in [-0.1, -0.05) is 86.0 Å². The van der Waals surface area contributed by atoms with Gasteiger partial charge in [0.25, 0.3) is 0 Å². The Morgan fingerprint density at radius 2 is 1.50 bits per heavy atom. The first kappa shape index (κ1) is 19.7. The van der Waals surface area contributed by atoms with Gasteiger partial charge in [0.15, 0.2) is 0 Å². The largest absolute Gasteiger partial charge is 0.123 e. The second-order valence-corrected chi connectivity index (χ2v) is 20.6. The predicted octanol–water partition coefficient (Wildman–Crippen LogP) is 6.73. The summed E-state index contributed by atoms with van der Waals surface area (Å²) < 4.78 is 0.494. The van der Waals surface area contributed by atoms with E-state index in [2.05, 4.69) is 111 Å². The Labute approximate surface area is 166 Å². The number of hydrogen-bond donors (Lipinski definition) is 0. The molecular formula is C23H32SSi2. The Hall–Kier alpha value is -1.04. The van der Waals surface area contributed by atoms with E-state index in [1.807, 2.05) is 0 Å². The number of thioether (sulfide) groups is 1. The molecule has 3 rings (SSSR count). The lowest BCUT2D eigenvalue weighted by molar-refractivity contribution is 1.03. The van der Waals surface area contributed by atoms with Gasteiger partial charge in [0.05, 0.1) is 16.1 Å². The summed E-state index contributed by atoms with van der Waals surface area (Å²) in [6.45, 7) is 14.6. The zero-order valence-corrected chi connectivity index (χ0v) is 19.5. The van der Waals surface area contributed by atoms with E-state index in [9.17, 15) is 0 Å². The summed E-state index contributed by atoms with van der Waals surface area (Å²) in [6.07, 6.45) is 5.07. The summed E-state index contributed by atoms with van der Waals surface area (Å²) in [5, 5.41) is 1.58. The van der Waals surface area contributed by atoms with Gasteiger partial charge in [0.1, 0.15) is 0 Å². The molecule has 0 spiro atoms. The minimum Gasteiger partial charge on any atom is -0.123 e. The molecule has 0 saturated heterocycles. The van der Waals surface area contributed by atoms with Crippen LogP contribution in [0.5, 0.6) is 0 Å². The van der Waals surface area contributed by atoms with Crippen molar-refractivity contribution in [3.8, 4) is 0 Å². The predicted molar refractivity (Wildman–Crippen MR) is 124 cm³/mol. The van der Waals surface area contributed by atoms with Crippen LogP contribution in [0.25, 0.3) is 0 Å². The maximum absolute atomic E-state index is 4.30. The summed E-state index contributed by atoms with van der Waals surface area (Å²) in [6, 6.07) is 23.6. The SMILES string of the molecule is C=CC(C[Si](C)(C)c1ccccc1)[Si](C)(C)C1(Sc2ccccc2)CC1. The number of hydrogen-bond acceptors (Lipinski definition) is 1. The smallest absolute Gasteiger partial charge is 0.0809 e. The minimum absolute atomic E-state index is 0.494. The van der Waals surface area contributed by atoms with Crippen molar-refractivity contribution in [1.29, 1.82) is 0 Å². The highest BCUT2D eigenvalue weighted by Crippen LogP contribution is 2.61. The average molecular weight is 397 g/mol. The Balaban J connectivity index is 1.81. The molecule has 0 heterocycles. The lowest BCUT2D eigenvalue weighted by Crippen LogP contribution is -2.50. The van der Waals surface area contributed by atoms with Crippen LogP contribution in [-0.2, 0) is 0 Å². The molecule has 0 radical (unpaired) electrons. The molecule has 26 heavy (non-hydrogen) atoms. The van der Waals surface area contributed by atoms with E-state index in [0.717, 1.165) is 0 Å². The van der Waals surface area contributed by atoms with Gasteiger partial charge in [0, 0.05) is 9.27 Å². The fourth-order valence-corrected chi connectivity index (χ4v) is 16.0. The van der Waals surface area contributed by atoms with E-state index in [1.54, 1.807) is 5.19 Å². The van der Waals surface area contributed by atoms with Crippen molar-refractivity contribution < 1.29 is 0 Å². The molecule has 1 unspecified atom stereocenters. The second-order valence-electron chi connectivity index (χ2n) is 8.93. The van der Waals surface area contributed by atoms with Crippen molar-refractivity contribution in [3.05, 3.63) is 73.3 Å². The first-order chi connectivity index (χ1) is 12.3. The fourth-order valence-electron chi connectivity index (χ4n) is 4.23. The summed E-state index contributed by atoms with van der Waals surface area (Å²) in [5.74, 6) is 0. The fraction of sp³-hybridized carbons (Fsp3) is 0.391. The van der Waals surface area contributed by atoms with E-state index >= 15 is 0 Å². The molecule has 3 heteroatoms. The monoisotopic (exact) mass is 396 g/mol. The van der Waals surface area contributed by atoms with Crippen molar-refractivity contribution >= 4 is 33.1 Å². The van der Waals surface area contributed by atoms with Crippen LogP contribution in [-0.4, -0.2) is 20.5 Å². The van der Waals surface area contributed by atoms with Crippen LogP contribution in [0, 0.1) is 0 Å². The number of allylic oxidation sites excluding steroid dienone is 1. The third-order valence-electron chi connectivity index (χ3n) is 6.43. The van der Waals surface area contributed by atoms with Crippen LogP contribution < -0.4 is 5.19 Å². The Morgan fingerprint density at radius 3 is 2.00 bits per heavy atom. The summed E-state index contributed by atoms with van der Waals surface area (Å²) in [5.41, 5.74) is 0.683. The molecule has 138 valence electrons. The lowest BCUT2D eigenvalue weighted by atomic mass is 10.4. The van der Waals surface area contributed by atoms with Crippen LogP contribution in [0.3, 0.4) is 0 Å². The van der Waals surface area contributed by atoms with Gasteiger partial charge in [-0.05, 0) is 36.6 Å². The van der Waals surface area contributed by atoms with Gasteiger partial charge >= 0.3 is 0 Å². The average Bonchev–Trinajstić information content (AvgIpc) is 3.42. The van der Waals surface area contributed by atoms with Crippen LogP contribution in [0.2, 0.25) is 37.8 Å². The van der Waals surface area contributed by atoms with Crippen molar-refractivity contribution in [1.82, 2.24) is 0 Å². The van der Waals surface area contributed by atoms with Crippen LogP contribution >= 0.6 is 11.8 Å². The molecule has 0 aliphatic heterocycles. The molecule has 2 aromatic rings. The molecular weight excluding hydrogens is 364 g/mol. The zero-order chi connectivity index (χ0) is 18.8. The molecule has 0 aromatic heterocycles. The molecule has 1 fully saturated rings. The van der Waals surface area contributed by atoms with E-state index < -0.39 is 16.1 Å². The highest BCUT2D eigenvalue weighted by atomic mass is 32.2. The molecule has 1 aliphatic rings. The third kappa shape index (κ3) is 3.95. The van der Waals surface area contributed by atoms with E-state index in [-0.39, 0.29) is 0 Å². The quantitative estimate of drug-likeness (QED) is 0.352. The second kappa shape index (κ2) is 7.53. The van der Waals surface area contributed by atoms with Crippen LogP contribution in [0.4, 0.5) is 0 Å². The van der Waals surface area contributed by atoms with Gasteiger partial charge in [-0.25, -0.2) is 0 Å². The first-order valence-electron chi connectivity index (χ1n) is 9.73. The summed E-state index contributed by atoms with van der Waals surface area (Å²) in [7, 11) is -2.96. The van der Waals surface area contributed by atoms with Gasteiger partial charge < -0.3 is 0 Å². The van der Waals surface area contributed by atoms with Crippen molar-refractivity contribution in [2.75, 3.05) is 0 Å². The van der Waals surface area contributed by atoms with Gasteiger partial charge in [-0.15, -0.1) is 18.3 Å². The number of benzene rings is 2. The normalized spacial score (nSPS) is 17.5. The molecule has 1 saturated carbocycles. The van der Waals surface area contributed by atoms with Crippen LogP contribution in [0.1, 0.15) is 12.8 Å². The van der Waals surface area contributed by atoms with Crippen molar-refractivity contribution in [2.24, 2.45) is 0 Å². The van der Waals surface area contributed by atoms with E-state index in [0.29, 0.717) is 9.91 Å². The summed E-state index contributed by atoms with van der Waals surface area (Å²) in [4.78, 5) is 1.44. The maximum atomic E-state index is 4.30. The summed E-state index contributed by atoms with van der Waals surface area (Å²) >= 11 is 2.16. The molecule has 0 N–H and O–H groups in total. The van der Waals surface area contributed by atoms with Gasteiger partial charge in [0.2, 0.25) is 0 Å². The van der Waals surface area contributed by atoms with Crippen molar-refractivity contribution in [3.63, 3.8) is 0 Å². The molecule has 0 nitrogen and oxygen atoms in total. The Bertz CT molecular complexity index is 733. The zero-order valence-electron chi connectivity index (χ0n) is 16.7. The molecule has 0 amide bonds. The topological polar surface area (TPSA) is 0 Å². The van der Waals surface area contributed by atoms with Gasteiger partial charge in [-0.2, -0.15) is 0 Å². The first-order valence-corrected chi connectivity index (χ1v) is 16.8. The van der Waals surface area contributed by atoms with E-state index in [1.165, 1.54) is 23.8 Å². The number of rotatable bonds is 8. The Morgan fingerprint density at radius 1 is 0.962 bits per heavy atom. The Kier molecular flexibility index (Phi) is 5.71. The maximum Gasteiger partial charge on any atom is 0.0809 e. The molecule has 1 atom stereocenters. The van der Waals surface area contributed by atoms with Gasteiger partial charge in [-0.3, -0.25) is 0 Å². The highest BCUT2D eigenvalue weighted by molar-refractivity contribution is 8.02. The lowest BCUT2D eigenvalue weighted by Gasteiger charge is -2.41. The molecule has 0 bridgehead atoms. The van der Waals surface area contributed by atoms with Crippen molar-refractivity contribution in [2.45, 2.75) is 59.9 Å². The molecule has 2 aromatic carbocycles. The van der Waals surface area contributed by atoms with Crippen LogP contribution in [0.15, 0.2) is 78.2 Å². The molecule has 1 aliphatic carbocycles. The minimum atomic E-state index is -1.50. The third-order valence-corrected chi connectivity index (χ3v) is 18.5. The van der Waals surface area contributed by atoms with E-state index in [4.69, 9.17) is 0 Å². The highest BCUT2D eigenvalue weighted by Gasteiger charge is 2.59. The standard InChI is InChI=1S/C23H32SSi2/c1-6-21(19-25(2,3)22-15-11-8-12-16-22)26(4,5)23(17-18-23)24-20-13-9-7-10-14-20/h6-16,21H,1,17-19H2,2-5H3.